The maximum atomic E-state index is 12.2. The number of aromatic nitrogens is 1. The van der Waals surface area contributed by atoms with Gasteiger partial charge in [0.1, 0.15) is 5.75 Å². The minimum absolute atomic E-state index is 0.0900. The number of benzene rings is 2. The number of hydrazine groups is 1. The summed E-state index contributed by atoms with van der Waals surface area (Å²) in [6, 6.07) is 11.3. The Hall–Kier alpha value is -2.65. The molecule has 3 aromatic rings. The fourth-order valence-corrected chi connectivity index (χ4v) is 3.65. The van der Waals surface area contributed by atoms with E-state index in [4.69, 9.17) is 4.74 Å². The monoisotopic (exact) mass is 377 g/mol. The van der Waals surface area contributed by atoms with Gasteiger partial charge >= 0.3 is 0 Å². The van der Waals surface area contributed by atoms with Crippen LogP contribution in [0.25, 0.3) is 10.2 Å². The molecule has 2 aromatic carbocycles. The molecule has 0 aliphatic rings. The number of nitrogens with one attached hydrogen (secondary N) is 2. The first-order chi connectivity index (χ1) is 11.9. The van der Waals surface area contributed by atoms with Gasteiger partial charge in [0.25, 0.3) is 5.91 Å². The zero-order valence-corrected chi connectivity index (χ0v) is 15.1. The van der Waals surface area contributed by atoms with Gasteiger partial charge in [0.2, 0.25) is 5.13 Å². The van der Waals surface area contributed by atoms with E-state index in [1.54, 1.807) is 13.2 Å². The Balaban J connectivity index is 1.74. The molecule has 0 aliphatic heterocycles. The number of methoxy groups -OCH3 is 1. The van der Waals surface area contributed by atoms with E-state index in [2.05, 4.69) is 15.8 Å². The topological polar surface area (TPSA) is 97.4 Å². The van der Waals surface area contributed by atoms with Crippen molar-refractivity contribution in [3.63, 3.8) is 0 Å². The van der Waals surface area contributed by atoms with Crippen molar-refractivity contribution in [3.8, 4) is 5.75 Å². The molecule has 0 atom stereocenters. The number of hydrogen-bond acceptors (Lipinski definition) is 7. The Morgan fingerprint density at radius 3 is 2.72 bits per heavy atom. The van der Waals surface area contributed by atoms with Crippen molar-refractivity contribution in [1.82, 2.24) is 10.4 Å². The molecule has 0 unspecified atom stereocenters. The number of thiazole rings is 1. The SMILES string of the molecule is COc1ccc2nc(NNC(=O)c3cccc(S(C)(=O)=O)c3)sc2c1. The van der Waals surface area contributed by atoms with Gasteiger partial charge in [-0.1, -0.05) is 17.4 Å². The predicted molar refractivity (Wildman–Crippen MR) is 96.8 cm³/mol. The first-order valence-electron chi connectivity index (χ1n) is 7.18. The summed E-state index contributed by atoms with van der Waals surface area (Å²) in [5.74, 6) is 0.270. The number of carbonyl (C=O) groups excluding carboxylic acids is 1. The van der Waals surface area contributed by atoms with E-state index < -0.39 is 15.7 Å². The van der Waals surface area contributed by atoms with Gasteiger partial charge < -0.3 is 4.74 Å². The second-order valence-corrected chi connectivity index (χ2v) is 8.28. The van der Waals surface area contributed by atoms with E-state index in [0.29, 0.717) is 5.13 Å². The van der Waals surface area contributed by atoms with E-state index in [1.165, 1.54) is 35.6 Å². The van der Waals surface area contributed by atoms with Crippen LogP contribution >= 0.6 is 11.3 Å². The predicted octanol–water partition coefficient (Wildman–Crippen LogP) is 2.47. The van der Waals surface area contributed by atoms with Crippen molar-refractivity contribution in [2.45, 2.75) is 4.90 Å². The van der Waals surface area contributed by atoms with Crippen LogP contribution in [0.1, 0.15) is 10.4 Å². The van der Waals surface area contributed by atoms with Crippen molar-refractivity contribution < 1.29 is 17.9 Å². The highest BCUT2D eigenvalue weighted by atomic mass is 32.2. The molecule has 0 fully saturated rings. The molecular weight excluding hydrogens is 362 g/mol. The molecule has 1 heterocycles. The Labute approximate surface area is 148 Å². The van der Waals surface area contributed by atoms with E-state index in [0.717, 1.165) is 22.2 Å². The minimum atomic E-state index is -3.37. The number of hydrogen-bond donors (Lipinski definition) is 2. The number of rotatable bonds is 5. The van der Waals surface area contributed by atoms with Crippen molar-refractivity contribution in [1.29, 1.82) is 0 Å². The molecule has 9 heteroatoms. The largest absolute Gasteiger partial charge is 0.497 e. The molecule has 1 aromatic heterocycles. The van der Waals surface area contributed by atoms with Crippen LogP contribution in [0.5, 0.6) is 5.75 Å². The van der Waals surface area contributed by atoms with Crippen molar-refractivity contribution in [2.24, 2.45) is 0 Å². The highest BCUT2D eigenvalue weighted by Crippen LogP contribution is 2.28. The lowest BCUT2D eigenvalue weighted by molar-refractivity contribution is 0.0962. The number of carbonyl (C=O) groups is 1. The van der Waals surface area contributed by atoms with Crippen LogP contribution in [0.2, 0.25) is 0 Å². The number of anilines is 1. The molecule has 2 N–H and O–H groups in total. The molecule has 130 valence electrons. The normalized spacial score (nSPS) is 11.3. The Morgan fingerprint density at radius 1 is 1.20 bits per heavy atom. The summed E-state index contributed by atoms with van der Waals surface area (Å²) in [6.45, 7) is 0. The zero-order chi connectivity index (χ0) is 18.0. The highest BCUT2D eigenvalue weighted by molar-refractivity contribution is 7.90. The first kappa shape index (κ1) is 17.2. The van der Waals surface area contributed by atoms with E-state index in [1.807, 2.05) is 12.1 Å². The third-order valence-electron chi connectivity index (χ3n) is 3.40. The smallest absolute Gasteiger partial charge is 0.269 e. The molecule has 0 spiro atoms. The van der Waals surface area contributed by atoms with Crippen LogP contribution in [0.3, 0.4) is 0 Å². The standard InChI is InChI=1S/C16H15N3O4S2/c1-23-11-6-7-13-14(9-11)24-16(17-13)19-18-15(20)10-4-3-5-12(8-10)25(2,21)22/h3-9H,1-2H3,(H,17,19)(H,18,20). The summed E-state index contributed by atoms with van der Waals surface area (Å²) >= 11 is 1.36. The molecule has 0 radical (unpaired) electrons. The number of nitrogens with zero attached hydrogens (tertiary/aromatic N) is 1. The van der Waals surface area contributed by atoms with Crippen LogP contribution in [0, 0.1) is 0 Å². The summed E-state index contributed by atoms with van der Waals surface area (Å²) in [5, 5.41) is 0.510. The molecule has 0 aliphatic carbocycles. The van der Waals surface area contributed by atoms with Gasteiger partial charge in [-0.15, -0.1) is 0 Å². The third-order valence-corrected chi connectivity index (χ3v) is 5.45. The lowest BCUT2D eigenvalue weighted by Gasteiger charge is -2.06. The zero-order valence-electron chi connectivity index (χ0n) is 13.4. The van der Waals surface area contributed by atoms with Crippen LogP contribution in [0.15, 0.2) is 47.4 Å². The fourth-order valence-electron chi connectivity index (χ4n) is 2.14. The molecule has 0 saturated carbocycles. The van der Waals surface area contributed by atoms with Gasteiger partial charge in [-0.25, -0.2) is 13.4 Å². The van der Waals surface area contributed by atoms with Gasteiger partial charge in [0.05, 0.1) is 22.2 Å². The average Bonchev–Trinajstić information content (AvgIpc) is 3.00. The molecule has 1 amide bonds. The quantitative estimate of drug-likeness (QED) is 0.663. The second kappa shape index (κ2) is 6.69. The number of ether oxygens (including phenoxy) is 1. The van der Waals surface area contributed by atoms with Crippen molar-refractivity contribution in [3.05, 3.63) is 48.0 Å². The average molecular weight is 377 g/mol. The van der Waals surface area contributed by atoms with Gasteiger partial charge in [-0.05, 0) is 36.4 Å². The van der Waals surface area contributed by atoms with Crippen LogP contribution in [-0.4, -0.2) is 32.7 Å². The number of fused-ring (bicyclic) bond motifs is 1. The van der Waals surface area contributed by atoms with E-state index >= 15 is 0 Å². The molecular formula is C16H15N3O4S2. The Morgan fingerprint density at radius 2 is 2.00 bits per heavy atom. The van der Waals surface area contributed by atoms with E-state index in [9.17, 15) is 13.2 Å². The lowest BCUT2D eigenvalue weighted by atomic mass is 10.2. The Kier molecular flexibility index (Phi) is 4.60. The molecule has 3 rings (SSSR count). The van der Waals surface area contributed by atoms with Gasteiger partial charge in [-0.2, -0.15) is 0 Å². The summed E-state index contributed by atoms with van der Waals surface area (Å²) in [6.07, 6.45) is 1.09. The van der Waals surface area contributed by atoms with Crippen LogP contribution < -0.4 is 15.6 Å². The Bertz CT molecular complexity index is 1040. The number of sulfone groups is 1. The molecule has 25 heavy (non-hydrogen) atoms. The number of amides is 1. The second-order valence-electron chi connectivity index (χ2n) is 5.23. The van der Waals surface area contributed by atoms with Crippen molar-refractivity contribution >= 4 is 42.4 Å². The molecule has 0 saturated heterocycles. The summed E-state index contributed by atoms with van der Waals surface area (Å²) < 4.78 is 29.2. The molecule has 0 bridgehead atoms. The summed E-state index contributed by atoms with van der Waals surface area (Å²) in [5.41, 5.74) is 6.28. The lowest BCUT2D eigenvalue weighted by Crippen LogP contribution is -2.29. The van der Waals surface area contributed by atoms with Crippen LogP contribution in [-0.2, 0) is 9.84 Å². The molecule has 7 nitrogen and oxygen atoms in total. The highest BCUT2D eigenvalue weighted by Gasteiger charge is 2.12. The summed E-state index contributed by atoms with van der Waals surface area (Å²) in [4.78, 5) is 16.6. The van der Waals surface area contributed by atoms with Gasteiger partial charge in [-0.3, -0.25) is 15.6 Å². The third kappa shape index (κ3) is 3.89. The van der Waals surface area contributed by atoms with Gasteiger partial charge in [0.15, 0.2) is 9.84 Å². The fraction of sp³-hybridized carbons (Fsp3) is 0.125. The summed E-state index contributed by atoms with van der Waals surface area (Å²) in [7, 11) is -1.78. The van der Waals surface area contributed by atoms with Crippen molar-refractivity contribution in [2.75, 3.05) is 18.8 Å². The van der Waals surface area contributed by atoms with Crippen LogP contribution in [0.4, 0.5) is 5.13 Å². The van der Waals surface area contributed by atoms with Gasteiger partial charge in [0, 0.05) is 11.8 Å². The minimum Gasteiger partial charge on any atom is -0.497 e. The maximum Gasteiger partial charge on any atom is 0.269 e. The first-order valence-corrected chi connectivity index (χ1v) is 9.88. The van der Waals surface area contributed by atoms with E-state index in [-0.39, 0.29) is 10.5 Å². The maximum absolute atomic E-state index is 12.2.